The van der Waals surface area contributed by atoms with Gasteiger partial charge in [0.2, 0.25) is 0 Å². The fourth-order valence-corrected chi connectivity index (χ4v) is 2.34. The first-order valence-corrected chi connectivity index (χ1v) is 7.46. The monoisotopic (exact) mass is 319 g/mol. The van der Waals surface area contributed by atoms with Crippen LogP contribution in [0.4, 0.5) is 0 Å². The number of aromatic nitrogens is 3. The molecule has 4 aromatic rings. The maximum absolute atomic E-state index is 9.34. The average Bonchev–Trinajstić information content (AvgIpc) is 2.90. The molecule has 5 nitrogen and oxygen atoms in total. The molecule has 2 aromatic heterocycles. The maximum Gasteiger partial charge on any atom is 0.275 e. The molecule has 0 aliphatic heterocycles. The quantitative estimate of drug-likeness (QED) is 0.561. The lowest BCUT2D eigenvalue weighted by atomic mass is 10.2. The fourth-order valence-electron chi connectivity index (χ4n) is 2.34. The maximum atomic E-state index is 9.34. The zero-order valence-electron chi connectivity index (χ0n) is 13.2. The topological polar surface area (TPSA) is 71.2 Å². The van der Waals surface area contributed by atoms with Crippen molar-refractivity contribution in [2.45, 2.75) is 0 Å². The van der Waals surface area contributed by atoms with Gasteiger partial charge in [0.05, 0.1) is 5.52 Å². The minimum Gasteiger partial charge on any atom is -0.491 e. The smallest absolute Gasteiger partial charge is 0.275 e. The molecule has 2 heterocycles. The van der Waals surface area contributed by atoms with Crippen molar-refractivity contribution in [3.63, 3.8) is 0 Å². The van der Waals surface area contributed by atoms with Gasteiger partial charge in [0.25, 0.3) is 11.8 Å². The predicted molar refractivity (Wildman–Crippen MR) is 93.7 cm³/mol. The second-order valence-corrected chi connectivity index (χ2v) is 5.20. The number of pyridine rings is 1. The molecule has 0 saturated carbocycles. The van der Waals surface area contributed by atoms with E-state index in [2.05, 4.69) is 22.1 Å². The van der Waals surface area contributed by atoms with Crippen molar-refractivity contribution in [1.29, 1.82) is 0 Å². The van der Waals surface area contributed by atoms with E-state index in [-0.39, 0.29) is 11.8 Å². The van der Waals surface area contributed by atoms with Crippen molar-refractivity contribution >= 4 is 10.9 Å². The molecule has 2 aromatic carbocycles. The van der Waals surface area contributed by atoms with Crippen LogP contribution in [0.25, 0.3) is 22.3 Å². The number of rotatable bonds is 1. The number of benzene rings is 2. The Kier molecular flexibility index (Phi) is 4.43. The summed E-state index contributed by atoms with van der Waals surface area (Å²) in [6.07, 6.45) is 1.81. The van der Waals surface area contributed by atoms with Crippen LogP contribution in [0.5, 0.6) is 11.8 Å². The normalized spacial score (nSPS) is 10.2. The molecule has 0 unspecified atom stereocenters. The van der Waals surface area contributed by atoms with Gasteiger partial charge in [0.1, 0.15) is 5.82 Å². The molecular weight excluding hydrogens is 302 g/mol. The molecule has 24 heavy (non-hydrogen) atoms. The Bertz CT molecular complexity index is 884. The molecule has 0 spiro atoms. The number of aromatic hydroxyl groups is 2. The highest BCUT2D eigenvalue weighted by atomic mass is 16.3. The van der Waals surface area contributed by atoms with Gasteiger partial charge in [-0.05, 0) is 12.1 Å². The number of fused-ring (bicyclic) bond motifs is 1. The third-order valence-corrected chi connectivity index (χ3v) is 3.59. The standard InChI is InChI=1S/C10H10N2O2.C9H7N/c1-12-8(11-9(13)10(12)14)7-5-3-2-4-6-7;1-2-6-9-8(4-1)5-3-7-10-9/h2-6,13-14H,1H3;1-7H. The van der Waals surface area contributed by atoms with Crippen molar-refractivity contribution in [3.8, 4) is 23.1 Å². The number of nitrogens with zero attached hydrogens (tertiary/aromatic N) is 3. The van der Waals surface area contributed by atoms with E-state index in [0.717, 1.165) is 11.1 Å². The lowest BCUT2D eigenvalue weighted by Crippen LogP contribution is -1.91. The van der Waals surface area contributed by atoms with E-state index in [9.17, 15) is 10.2 Å². The Morgan fingerprint density at radius 3 is 2.17 bits per heavy atom. The zero-order chi connectivity index (χ0) is 16.9. The highest BCUT2D eigenvalue weighted by Gasteiger charge is 2.13. The Labute approximate surface area is 139 Å². The Balaban J connectivity index is 0.000000149. The van der Waals surface area contributed by atoms with E-state index in [1.165, 1.54) is 9.95 Å². The number of para-hydroxylation sites is 1. The summed E-state index contributed by atoms with van der Waals surface area (Å²) in [5.41, 5.74) is 1.91. The minimum absolute atomic E-state index is 0.219. The third-order valence-electron chi connectivity index (χ3n) is 3.59. The fraction of sp³-hybridized carbons (Fsp3) is 0.0526. The highest BCUT2D eigenvalue weighted by Crippen LogP contribution is 2.29. The second-order valence-electron chi connectivity index (χ2n) is 5.20. The summed E-state index contributed by atoms with van der Waals surface area (Å²) in [5.74, 6) is -0.0178. The van der Waals surface area contributed by atoms with Crippen molar-refractivity contribution < 1.29 is 10.2 Å². The van der Waals surface area contributed by atoms with Crippen molar-refractivity contribution in [2.24, 2.45) is 7.05 Å². The molecule has 120 valence electrons. The van der Waals surface area contributed by atoms with Gasteiger partial charge in [0, 0.05) is 24.2 Å². The van der Waals surface area contributed by atoms with Gasteiger partial charge in [-0.1, -0.05) is 54.6 Å². The lowest BCUT2D eigenvalue weighted by Gasteiger charge is -2.00. The summed E-state index contributed by atoms with van der Waals surface area (Å²) in [6.45, 7) is 0. The molecule has 4 rings (SSSR count). The molecule has 0 atom stereocenters. The van der Waals surface area contributed by atoms with Gasteiger partial charge in [0.15, 0.2) is 0 Å². The van der Waals surface area contributed by atoms with Crippen molar-refractivity contribution in [2.75, 3.05) is 0 Å². The molecular formula is C19H17N3O2. The summed E-state index contributed by atoms with van der Waals surface area (Å²) >= 11 is 0. The Morgan fingerprint density at radius 2 is 1.50 bits per heavy atom. The van der Waals surface area contributed by atoms with E-state index >= 15 is 0 Å². The van der Waals surface area contributed by atoms with E-state index < -0.39 is 0 Å². The van der Waals surface area contributed by atoms with Crippen molar-refractivity contribution in [3.05, 3.63) is 72.9 Å². The van der Waals surface area contributed by atoms with Gasteiger partial charge >= 0.3 is 0 Å². The lowest BCUT2D eigenvalue weighted by molar-refractivity contribution is 0.374. The van der Waals surface area contributed by atoms with Crippen LogP contribution in [0.1, 0.15) is 0 Å². The van der Waals surface area contributed by atoms with Crippen LogP contribution < -0.4 is 0 Å². The van der Waals surface area contributed by atoms with Gasteiger partial charge in [-0.2, -0.15) is 4.98 Å². The molecule has 0 bridgehead atoms. The summed E-state index contributed by atoms with van der Waals surface area (Å²) in [7, 11) is 1.64. The number of imidazole rings is 1. The molecule has 0 radical (unpaired) electrons. The van der Waals surface area contributed by atoms with E-state index in [1.807, 2.05) is 60.8 Å². The largest absolute Gasteiger partial charge is 0.491 e. The van der Waals surface area contributed by atoms with Gasteiger partial charge in [-0.25, -0.2) is 0 Å². The highest BCUT2D eigenvalue weighted by molar-refractivity contribution is 5.77. The van der Waals surface area contributed by atoms with Crippen LogP contribution in [0.2, 0.25) is 0 Å². The molecule has 5 heteroatoms. The van der Waals surface area contributed by atoms with Crippen LogP contribution in [-0.4, -0.2) is 24.7 Å². The van der Waals surface area contributed by atoms with E-state index in [1.54, 1.807) is 7.05 Å². The number of hydrogen-bond donors (Lipinski definition) is 2. The third kappa shape index (κ3) is 3.20. The van der Waals surface area contributed by atoms with Gasteiger partial charge in [-0.15, -0.1) is 0 Å². The molecule has 0 saturated heterocycles. The SMILES string of the molecule is Cn1c(-c2ccccc2)nc(O)c1O.c1ccc2ncccc2c1. The van der Waals surface area contributed by atoms with Crippen LogP contribution >= 0.6 is 0 Å². The van der Waals surface area contributed by atoms with Crippen LogP contribution in [0.15, 0.2) is 72.9 Å². The minimum atomic E-state index is -0.341. The Morgan fingerprint density at radius 1 is 0.833 bits per heavy atom. The van der Waals surface area contributed by atoms with E-state index in [4.69, 9.17) is 0 Å². The van der Waals surface area contributed by atoms with E-state index in [0.29, 0.717) is 5.82 Å². The van der Waals surface area contributed by atoms with Crippen LogP contribution in [0.3, 0.4) is 0 Å². The van der Waals surface area contributed by atoms with Crippen molar-refractivity contribution in [1.82, 2.24) is 14.5 Å². The molecule has 0 fully saturated rings. The first-order valence-electron chi connectivity index (χ1n) is 7.46. The average molecular weight is 319 g/mol. The predicted octanol–water partition coefficient (Wildman–Crippen LogP) is 3.73. The number of hydrogen-bond acceptors (Lipinski definition) is 4. The molecule has 0 aliphatic carbocycles. The molecule has 2 N–H and O–H groups in total. The van der Waals surface area contributed by atoms with Gasteiger partial charge < -0.3 is 10.2 Å². The first-order chi connectivity index (χ1) is 11.7. The summed E-state index contributed by atoms with van der Waals surface area (Å²) < 4.78 is 1.44. The first kappa shape index (κ1) is 15.6. The summed E-state index contributed by atoms with van der Waals surface area (Å²) in [6, 6.07) is 21.5. The van der Waals surface area contributed by atoms with Gasteiger partial charge in [-0.3, -0.25) is 9.55 Å². The van der Waals surface area contributed by atoms with Crippen LogP contribution in [0, 0.1) is 0 Å². The second kappa shape index (κ2) is 6.83. The molecule has 0 amide bonds. The summed E-state index contributed by atoms with van der Waals surface area (Å²) in [4.78, 5) is 8.03. The van der Waals surface area contributed by atoms with Crippen LogP contribution in [-0.2, 0) is 7.05 Å². The Hall–Kier alpha value is -3.34. The molecule has 0 aliphatic rings. The zero-order valence-corrected chi connectivity index (χ0v) is 13.2. The summed E-state index contributed by atoms with van der Waals surface area (Å²) in [5, 5.41) is 19.7.